The molecule has 0 saturated carbocycles. The van der Waals surface area contributed by atoms with Crippen LogP contribution in [0.1, 0.15) is 45.4 Å². The Morgan fingerprint density at radius 2 is 1.81 bits per heavy atom. The monoisotopic (exact) mass is 304 g/mol. The molecule has 0 unspecified atom stereocenters. The predicted octanol–water partition coefficient (Wildman–Crippen LogP) is 5.05. The van der Waals surface area contributed by atoms with Crippen LogP contribution in [0.15, 0.2) is 35.4 Å². The minimum atomic E-state index is 0.738. The lowest BCUT2D eigenvalue weighted by molar-refractivity contribution is 0.564. The van der Waals surface area contributed by atoms with Crippen LogP contribution >= 0.6 is 11.8 Å². The summed E-state index contributed by atoms with van der Waals surface area (Å²) in [7, 11) is 0. The molecule has 0 fully saturated rings. The summed E-state index contributed by atoms with van der Waals surface area (Å²) in [5.74, 6) is 0.991. The highest BCUT2D eigenvalue weighted by atomic mass is 32.2. The van der Waals surface area contributed by atoms with Crippen LogP contribution in [0.25, 0.3) is 10.9 Å². The van der Waals surface area contributed by atoms with Gasteiger partial charge in [-0.05, 0) is 12.5 Å². The highest BCUT2D eigenvalue weighted by Crippen LogP contribution is 2.30. The third kappa shape index (κ3) is 4.79. The SMILES string of the molecule is CCCCCCCCn1cc(SCCN)c2ccccc21. The van der Waals surface area contributed by atoms with E-state index < -0.39 is 0 Å². The van der Waals surface area contributed by atoms with Crippen LogP contribution in [0.2, 0.25) is 0 Å². The number of hydrogen-bond acceptors (Lipinski definition) is 2. The maximum Gasteiger partial charge on any atom is 0.0491 e. The van der Waals surface area contributed by atoms with Crippen LogP contribution in [0.3, 0.4) is 0 Å². The lowest BCUT2D eigenvalue weighted by Gasteiger charge is -2.05. The maximum absolute atomic E-state index is 5.64. The van der Waals surface area contributed by atoms with Gasteiger partial charge in [0.2, 0.25) is 0 Å². The number of hydrogen-bond donors (Lipinski definition) is 1. The molecule has 0 aliphatic heterocycles. The first-order valence-electron chi connectivity index (χ1n) is 8.27. The summed E-state index contributed by atoms with van der Waals surface area (Å²) < 4.78 is 2.42. The van der Waals surface area contributed by atoms with Crippen molar-refractivity contribution in [3.8, 4) is 0 Å². The number of benzene rings is 1. The third-order valence-electron chi connectivity index (χ3n) is 3.88. The van der Waals surface area contributed by atoms with E-state index in [1.54, 1.807) is 0 Å². The van der Waals surface area contributed by atoms with Crippen molar-refractivity contribution >= 4 is 22.7 Å². The van der Waals surface area contributed by atoms with Crippen LogP contribution < -0.4 is 5.73 Å². The van der Waals surface area contributed by atoms with Gasteiger partial charge in [0.25, 0.3) is 0 Å². The van der Waals surface area contributed by atoms with E-state index in [0.29, 0.717) is 0 Å². The highest BCUT2D eigenvalue weighted by molar-refractivity contribution is 7.99. The van der Waals surface area contributed by atoms with Crippen molar-refractivity contribution in [2.75, 3.05) is 12.3 Å². The van der Waals surface area contributed by atoms with Gasteiger partial charge in [0.1, 0.15) is 0 Å². The summed E-state index contributed by atoms with van der Waals surface area (Å²) >= 11 is 1.88. The molecule has 0 saturated heterocycles. The van der Waals surface area contributed by atoms with Gasteiger partial charge in [-0.15, -0.1) is 11.8 Å². The van der Waals surface area contributed by atoms with Gasteiger partial charge in [-0.2, -0.15) is 0 Å². The van der Waals surface area contributed by atoms with Gasteiger partial charge >= 0.3 is 0 Å². The minimum Gasteiger partial charge on any atom is -0.346 e. The summed E-state index contributed by atoms with van der Waals surface area (Å²) in [4.78, 5) is 1.38. The van der Waals surface area contributed by atoms with E-state index in [1.165, 1.54) is 54.3 Å². The van der Waals surface area contributed by atoms with Gasteiger partial charge in [0, 0.05) is 40.8 Å². The average molecular weight is 305 g/mol. The van der Waals surface area contributed by atoms with E-state index in [-0.39, 0.29) is 0 Å². The molecule has 0 atom stereocenters. The van der Waals surface area contributed by atoms with Gasteiger partial charge in [-0.25, -0.2) is 0 Å². The number of thioether (sulfide) groups is 1. The molecule has 0 amide bonds. The molecule has 1 aromatic carbocycles. The second-order valence-electron chi connectivity index (χ2n) is 5.61. The molecule has 3 heteroatoms. The first kappa shape index (κ1) is 16.4. The van der Waals surface area contributed by atoms with Crippen LogP contribution in [-0.2, 0) is 6.54 Å². The standard InChI is InChI=1S/C18H28N2S/c1-2-3-4-5-6-9-13-20-15-18(21-14-12-19)16-10-7-8-11-17(16)20/h7-8,10-11,15H,2-6,9,12-14,19H2,1H3. The zero-order valence-electron chi connectivity index (χ0n) is 13.2. The molecule has 0 aliphatic carbocycles. The number of nitrogens with two attached hydrogens (primary N) is 1. The molecular formula is C18H28N2S. The quantitative estimate of drug-likeness (QED) is 0.492. The fraction of sp³-hybridized carbons (Fsp3) is 0.556. The normalized spacial score (nSPS) is 11.3. The third-order valence-corrected chi connectivity index (χ3v) is 4.96. The van der Waals surface area contributed by atoms with E-state index in [2.05, 4.69) is 42.0 Å². The molecule has 0 aliphatic rings. The van der Waals surface area contributed by atoms with Crippen LogP contribution in [0.5, 0.6) is 0 Å². The van der Waals surface area contributed by atoms with E-state index in [0.717, 1.165) is 18.8 Å². The first-order chi connectivity index (χ1) is 10.4. The van der Waals surface area contributed by atoms with Crippen molar-refractivity contribution in [1.82, 2.24) is 4.57 Å². The van der Waals surface area contributed by atoms with Gasteiger partial charge in [-0.1, -0.05) is 57.2 Å². The van der Waals surface area contributed by atoms with Crippen LogP contribution in [0.4, 0.5) is 0 Å². The van der Waals surface area contributed by atoms with Crippen molar-refractivity contribution in [1.29, 1.82) is 0 Å². The van der Waals surface area contributed by atoms with E-state index in [9.17, 15) is 0 Å². The number of unbranched alkanes of at least 4 members (excludes halogenated alkanes) is 5. The van der Waals surface area contributed by atoms with Gasteiger partial charge < -0.3 is 10.3 Å². The number of nitrogens with zero attached hydrogens (tertiary/aromatic N) is 1. The predicted molar refractivity (Wildman–Crippen MR) is 95.1 cm³/mol. The van der Waals surface area contributed by atoms with Gasteiger partial charge in [-0.3, -0.25) is 0 Å². The molecule has 1 heterocycles. The molecule has 0 radical (unpaired) electrons. The Bertz CT molecular complexity index is 533. The number of rotatable bonds is 10. The Kier molecular flexibility index (Phi) is 7.17. The van der Waals surface area contributed by atoms with Crippen molar-refractivity contribution in [2.45, 2.75) is 56.9 Å². The van der Waals surface area contributed by atoms with Crippen molar-refractivity contribution in [3.63, 3.8) is 0 Å². The van der Waals surface area contributed by atoms with Crippen molar-refractivity contribution < 1.29 is 0 Å². The zero-order valence-corrected chi connectivity index (χ0v) is 14.0. The van der Waals surface area contributed by atoms with E-state index >= 15 is 0 Å². The molecule has 2 nitrogen and oxygen atoms in total. The van der Waals surface area contributed by atoms with Crippen molar-refractivity contribution in [2.24, 2.45) is 5.73 Å². The molecule has 2 aromatic rings. The highest BCUT2D eigenvalue weighted by Gasteiger charge is 2.07. The Morgan fingerprint density at radius 3 is 2.62 bits per heavy atom. The Balaban J connectivity index is 1.95. The first-order valence-corrected chi connectivity index (χ1v) is 9.26. The fourth-order valence-electron chi connectivity index (χ4n) is 2.74. The Morgan fingerprint density at radius 1 is 1.05 bits per heavy atom. The number of aromatic nitrogens is 1. The second-order valence-corrected chi connectivity index (χ2v) is 6.75. The lowest BCUT2D eigenvalue weighted by atomic mass is 10.1. The van der Waals surface area contributed by atoms with Crippen molar-refractivity contribution in [3.05, 3.63) is 30.5 Å². The molecule has 1 aromatic heterocycles. The van der Waals surface area contributed by atoms with E-state index in [1.807, 2.05) is 11.8 Å². The largest absolute Gasteiger partial charge is 0.346 e. The number of para-hydroxylation sites is 1. The molecule has 116 valence electrons. The molecular weight excluding hydrogens is 276 g/mol. The fourth-order valence-corrected chi connectivity index (χ4v) is 3.61. The molecule has 0 bridgehead atoms. The molecule has 0 spiro atoms. The molecule has 21 heavy (non-hydrogen) atoms. The second kappa shape index (κ2) is 9.16. The lowest BCUT2D eigenvalue weighted by Crippen LogP contribution is -2.00. The topological polar surface area (TPSA) is 30.9 Å². The molecule has 2 N–H and O–H groups in total. The number of aryl methyl sites for hydroxylation is 1. The summed E-state index contributed by atoms with van der Waals surface area (Å²) in [6, 6.07) is 8.73. The smallest absolute Gasteiger partial charge is 0.0491 e. The van der Waals surface area contributed by atoms with Gasteiger partial charge in [0.15, 0.2) is 0 Å². The van der Waals surface area contributed by atoms with Crippen LogP contribution in [-0.4, -0.2) is 16.9 Å². The summed E-state index contributed by atoms with van der Waals surface area (Å²) in [6.07, 6.45) is 10.4. The molecule has 2 rings (SSSR count). The number of fused-ring (bicyclic) bond motifs is 1. The minimum absolute atomic E-state index is 0.738. The Labute approximate surface area is 133 Å². The zero-order chi connectivity index (χ0) is 14.9. The summed E-state index contributed by atoms with van der Waals surface area (Å²) in [5.41, 5.74) is 7.00. The average Bonchev–Trinajstić information content (AvgIpc) is 2.87. The van der Waals surface area contributed by atoms with Gasteiger partial charge in [0.05, 0.1) is 0 Å². The maximum atomic E-state index is 5.64. The summed E-state index contributed by atoms with van der Waals surface area (Å²) in [6.45, 7) is 4.14. The summed E-state index contributed by atoms with van der Waals surface area (Å²) in [5, 5.41) is 1.38. The van der Waals surface area contributed by atoms with E-state index in [4.69, 9.17) is 5.73 Å². The van der Waals surface area contributed by atoms with Crippen LogP contribution in [0, 0.1) is 0 Å². The Hall–Kier alpha value is -0.930.